The molecule has 8 heteroatoms. The van der Waals surface area contributed by atoms with E-state index >= 15 is 0 Å². The van der Waals surface area contributed by atoms with Crippen molar-refractivity contribution in [3.63, 3.8) is 0 Å². The number of methoxy groups -OCH3 is 1. The van der Waals surface area contributed by atoms with E-state index in [1.807, 2.05) is 61.7 Å². The summed E-state index contributed by atoms with van der Waals surface area (Å²) in [4.78, 5) is 19.2. The number of aromatic amines is 1. The second-order valence-electron chi connectivity index (χ2n) is 7.80. The molecular weight excluding hydrogens is 418 g/mol. The number of nitrogens with zero attached hydrogens (tertiary/aromatic N) is 3. The zero-order valence-electron chi connectivity index (χ0n) is 18.3. The molecule has 5 rings (SSSR count). The van der Waals surface area contributed by atoms with Gasteiger partial charge in [0.2, 0.25) is 0 Å². The Labute approximate surface area is 190 Å². The quantitative estimate of drug-likeness (QED) is 0.446. The van der Waals surface area contributed by atoms with E-state index in [-0.39, 0.29) is 0 Å². The summed E-state index contributed by atoms with van der Waals surface area (Å²) in [5.74, 6) is 4.57. The van der Waals surface area contributed by atoms with Crippen LogP contribution in [0.3, 0.4) is 0 Å². The number of likely N-dealkylation sites (tertiary alicyclic amines) is 1. The molecule has 3 N–H and O–H groups in total. The molecule has 0 bridgehead atoms. The fraction of sp³-hybridized carbons (Fsp3) is 0.200. The van der Waals surface area contributed by atoms with Crippen LogP contribution in [0, 0.1) is 12.0 Å². The molecule has 2 aromatic carbocycles. The standard InChI is InChI=1S/C25H23N5O3/c1-3-12-29-14-17(15-29)19-13-27-30-23(24(26)31)22(28-25(19)30)16-8-10-18(11-9-16)33-21-7-5-4-6-20(21)32-2/h4-11,13,17,27H,14-15H2,1-2H3,(H2,26,31). The van der Waals surface area contributed by atoms with Gasteiger partial charge in [-0.15, -0.1) is 0 Å². The molecule has 8 nitrogen and oxygen atoms in total. The van der Waals surface area contributed by atoms with Gasteiger partial charge in [-0.2, -0.15) is 0 Å². The lowest BCUT2D eigenvalue weighted by Gasteiger charge is -2.35. The highest BCUT2D eigenvalue weighted by Gasteiger charge is 2.31. The third kappa shape index (κ3) is 3.64. The lowest BCUT2D eigenvalue weighted by molar-refractivity contribution is 0.0994. The number of nitrogens with one attached hydrogen (secondary N) is 1. The second-order valence-corrected chi connectivity index (χ2v) is 7.80. The SMILES string of the molecule is CC#CN1CC(c2c[nH]n3c(C(N)=O)c(-c4ccc(Oc5ccccc5OC)cc4)nc23)C1. The van der Waals surface area contributed by atoms with Crippen LogP contribution in [0.4, 0.5) is 0 Å². The van der Waals surface area contributed by atoms with Gasteiger partial charge in [-0.25, -0.2) is 9.50 Å². The molecule has 0 atom stereocenters. The highest BCUT2D eigenvalue weighted by Crippen LogP contribution is 2.34. The lowest BCUT2D eigenvalue weighted by Crippen LogP contribution is -2.41. The molecule has 1 aliphatic heterocycles. The minimum atomic E-state index is -0.549. The summed E-state index contributed by atoms with van der Waals surface area (Å²) in [6.45, 7) is 3.49. The molecule has 1 saturated heterocycles. The van der Waals surface area contributed by atoms with E-state index in [1.165, 1.54) is 0 Å². The van der Waals surface area contributed by atoms with Crippen LogP contribution in [0.5, 0.6) is 17.2 Å². The van der Waals surface area contributed by atoms with Crippen molar-refractivity contribution >= 4 is 11.6 Å². The van der Waals surface area contributed by atoms with Crippen molar-refractivity contribution in [1.82, 2.24) is 19.5 Å². The summed E-state index contributed by atoms with van der Waals surface area (Å²) in [7, 11) is 1.60. The number of hydrogen-bond donors (Lipinski definition) is 2. The summed E-state index contributed by atoms with van der Waals surface area (Å²) < 4.78 is 13.0. The number of ether oxygens (including phenoxy) is 2. The molecule has 1 amide bonds. The van der Waals surface area contributed by atoms with E-state index in [9.17, 15) is 4.79 Å². The van der Waals surface area contributed by atoms with Crippen LogP contribution in [0.15, 0.2) is 54.7 Å². The average Bonchev–Trinajstić information content (AvgIpc) is 3.36. The van der Waals surface area contributed by atoms with Gasteiger partial charge in [0.25, 0.3) is 5.91 Å². The van der Waals surface area contributed by atoms with E-state index < -0.39 is 5.91 Å². The van der Waals surface area contributed by atoms with Crippen LogP contribution < -0.4 is 15.2 Å². The maximum Gasteiger partial charge on any atom is 0.269 e. The Morgan fingerprint density at radius 3 is 2.55 bits per heavy atom. The van der Waals surface area contributed by atoms with Crippen molar-refractivity contribution in [2.24, 2.45) is 5.73 Å². The van der Waals surface area contributed by atoms with Gasteiger partial charge < -0.3 is 20.1 Å². The van der Waals surface area contributed by atoms with Gasteiger partial charge >= 0.3 is 0 Å². The monoisotopic (exact) mass is 441 g/mol. The number of aromatic nitrogens is 3. The number of carbonyl (C=O) groups is 1. The molecule has 0 saturated carbocycles. The van der Waals surface area contributed by atoms with Gasteiger partial charge in [0, 0.05) is 42.4 Å². The van der Waals surface area contributed by atoms with E-state index in [0.29, 0.717) is 40.2 Å². The molecule has 0 unspecified atom stereocenters. The molecule has 0 radical (unpaired) electrons. The summed E-state index contributed by atoms with van der Waals surface area (Å²) in [5, 5.41) is 3.14. The predicted octanol–water partition coefficient (Wildman–Crippen LogP) is 3.61. The van der Waals surface area contributed by atoms with Gasteiger partial charge in [-0.1, -0.05) is 18.1 Å². The van der Waals surface area contributed by atoms with E-state index in [2.05, 4.69) is 22.0 Å². The Hall–Kier alpha value is -4.38. The Balaban J connectivity index is 1.46. The van der Waals surface area contributed by atoms with Crippen molar-refractivity contribution < 1.29 is 14.3 Å². The number of carbonyl (C=O) groups excluding carboxylic acids is 1. The minimum Gasteiger partial charge on any atom is -0.493 e. The topological polar surface area (TPSA) is 97.9 Å². The summed E-state index contributed by atoms with van der Waals surface area (Å²) in [6.07, 6.45) is 1.89. The van der Waals surface area contributed by atoms with Crippen molar-refractivity contribution in [1.29, 1.82) is 0 Å². The molecule has 0 spiro atoms. The molecule has 33 heavy (non-hydrogen) atoms. The third-order valence-corrected chi connectivity index (χ3v) is 5.73. The van der Waals surface area contributed by atoms with Crippen molar-refractivity contribution in [2.45, 2.75) is 12.8 Å². The highest BCUT2D eigenvalue weighted by molar-refractivity contribution is 5.98. The normalized spacial score (nSPS) is 13.3. The second kappa shape index (κ2) is 8.28. The number of rotatable bonds is 6. The first kappa shape index (κ1) is 20.5. The largest absolute Gasteiger partial charge is 0.493 e. The van der Waals surface area contributed by atoms with Crippen molar-refractivity contribution in [2.75, 3.05) is 20.2 Å². The fourth-order valence-corrected chi connectivity index (χ4v) is 4.10. The van der Waals surface area contributed by atoms with E-state index in [1.54, 1.807) is 11.6 Å². The lowest BCUT2D eigenvalue weighted by atomic mass is 9.94. The van der Waals surface area contributed by atoms with E-state index in [4.69, 9.17) is 20.2 Å². The van der Waals surface area contributed by atoms with Gasteiger partial charge in [0.15, 0.2) is 22.8 Å². The number of benzene rings is 2. The zero-order valence-corrected chi connectivity index (χ0v) is 18.3. The van der Waals surface area contributed by atoms with Crippen LogP contribution in [0.25, 0.3) is 16.9 Å². The number of para-hydroxylation sites is 2. The number of imidazole rings is 1. The first-order valence-corrected chi connectivity index (χ1v) is 10.6. The van der Waals surface area contributed by atoms with Crippen molar-refractivity contribution in [3.8, 4) is 40.5 Å². The van der Waals surface area contributed by atoms with Gasteiger partial charge in [-0.05, 0) is 43.3 Å². The van der Waals surface area contributed by atoms with Crippen LogP contribution in [0.2, 0.25) is 0 Å². The van der Waals surface area contributed by atoms with Crippen molar-refractivity contribution in [3.05, 3.63) is 66.0 Å². The Kier molecular flexibility index (Phi) is 5.15. The first-order chi connectivity index (χ1) is 16.1. The van der Waals surface area contributed by atoms with Crippen LogP contribution >= 0.6 is 0 Å². The highest BCUT2D eigenvalue weighted by atomic mass is 16.5. The molecule has 166 valence electrons. The molecular formula is C25H23N5O3. The molecule has 0 aliphatic carbocycles. The number of H-pyrrole nitrogens is 1. The number of hydrogen-bond acceptors (Lipinski definition) is 5. The molecule has 1 fully saturated rings. The Bertz CT molecular complexity index is 1390. The first-order valence-electron chi connectivity index (χ1n) is 10.6. The number of amides is 1. The van der Waals surface area contributed by atoms with E-state index in [0.717, 1.165) is 24.2 Å². The number of nitrogens with two attached hydrogens (primary N) is 1. The summed E-state index contributed by atoms with van der Waals surface area (Å²) in [5.41, 5.74) is 9.12. The van der Waals surface area contributed by atoms with Crippen LogP contribution in [-0.4, -0.2) is 45.6 Å². The number of fused-ring (bicyclic) bond motifs is 1. The van der Waals surface area contributed by atoms with Gasteiger partial charge in [0.05, 0.1) is 7.11 Å². The van der Waals surface area contributed by atoms with Gasteiger partial charge in [0.1, 0.15) is 11.4 Å². The average molecular weight is 441 g/mol. The third-order valence-electron chi connectivity index (χ3n) is 5.73. The van der Waals surface area contributed by atoms with Crippen LogP contribution in [0.1, 0.15) is 28.9 Å². The fourth-order valence-electron chi connectivity index (χ4n) is 4.10. The maximum atomic E-state index is 12.3. The zero-order chi connectivity index (χ0) is 22.9. The minimum absolute atomic E-state index is 0.298. The smallest absolute Gasteiger partial charge is 0.269 e. The summed E-state index contributed by atoms with van der Waals surface area (Å²) >= 11 is 0. The molecule has 3 heterocycles. The van der Waals surface area contributed by atoms with Gasteiger partial charge in [-0.3, -0.25) is 9.89 Å². The number of primary amides is 1. The Morgan fingerprint density at radius 1 is 1.15 bits per heavy atom. The Morgan fingerprint density at radius 2 is 1.88 bits per heavy atom. The molecule has 2 aromatic heterocycles. The molecule has 1 aliphatic rings. The van der Waals surface area contributed by atoms with Crippen LogP contribution in [-0.2, 0) is 0 Å². The summed E-state index contributed by atoms with van der Waals surface area (Å²) in [6, 6.07) is 17.9. The molecule has 4 aromatic rings. The maximum absolute atomic E-state index is 12.3. The predicted molar refractivity (Wildman–Crippen MR) is 124 cm³/mol.